The number of hydrogen-bond donors (Lipinski definition) is 2. The van der Waals surface area contributed by atoms with Gasteiger partial charge in [-0.25, -0.2) is 9.79 Å². The van der Waals surface area contributed by atoms with E-state index in [2.05, 4.69) is 15.6 Å². The van der Waals surface area contributed by atoms with Gasteiger partial charge in [-0.15, -0.1) is 0 Å². The highest BCUT2D eigenvalue weighted by atomic mass is 35.5. The maximum atomic E-state index is 14.9. The van der Waals surface area contributed by atoms with Gasteiger partial charge in [0, 0.05) is 102 Å². The van der Waals surface area contributed by atoms with Crippen molar-refractivity contribution >= 4 is 124 Å². The van der Waals surface area contributed by atoms with Gasteiger partial charge >= 0.3 is 89.6 Å². The quantitative estimate of drug-likeness (QED) is 0.0586. The van der Waals surface area contributed by atoms with E-state index in [-0.39, 0.29) is 10.7 Å². The Balaban J connectivity index is 1.65. The molecule has 1 aromatic carbocycles. The molecule has 2 amide bonds. The number of carbonyl (C=O) groups excluding carboxylic acids is 15. The Hall–Kier alpha value is -8.86. The van der Waals surface area contributed by atoms with Crippen LogP contribution in [0.25, 0.3) is 0 Å². The minimum Gasteiger partial charge on any atom is -0.463 e. The fourth-order valence-corrected chi connectivity index (χ4v) is 11.5. The number of benzene rings is 1. The largest absolute Gasteiger partial charge is 0.463 e. The SMILES string of the molecule is CC(=O)OC[C@H]1O[C@@H](O[C@H]2[C@H](OC(C)=O)[C@@H](OC(C)=O)[C@H](NC(=O)NC(=Nc3ccc(Cl)cc3)S[C@@H]3O[C@H](COC(C)=O)[C@@H](O[C@@H]4O[C@H](COC(C)=O)[C@H](OC(C)=O)[C@H](OC(C)=O)[C@H]4OC(C)=O)[C@H](OC(C)=O)[C@H]3OC(C)=O)O[C@@H]2COC(C)=O)[C@H](OC(C)=O)[C@@H](OC(C)=O)[C@H]1OC(C)=O. The first-order chi connectivity index (χ1) is 46.9. The molecule has 40 heteroatoms. The Morgan fingerprint density at radius 2 is 0.650 bits per heavy atom. The lowest BCUT2D eigenvalue weighted by Crippen LogP contribution is -2.69. The molecule has 0 bridgehead atoms. The highest BCUT2D eigenvalue weighted by Gasteiger charge is 2.60. The predicted octanol–water partition coefficient (Wildman–Crippen LogP) is 0.599. The van der Waals surface area contributed by atoms with Gasteiger partial charge in [0.25, 0.3) is 0 Å². The van der Waals surface area contributed by atoms with Gasteiger partial charge in [-0.3, -0.25) is 72.4 Å². The van der Waals surface area contributed by atoms with Crippen molar-refractivity contribution in [1.82, 2.24) is 10.6 Å². The number of hydrogen-bond acceptors (Lipinski definition) is 37. The van der Waals surface area contributed by atoms with Crippen LogP contribution in [0.1, 0.15) is 96.9 Å². The molecule has 0 aliphatic carbocycles. The molecule has 0 spiro atoms. The number of amides is 2. The standard InChI is InChI=1S/C60H76ClN3O35S/c1-23(65)80-19-39-45(98-56-52(91-34(12)76)48(87-30(8)72)43(84-27(5)69)40(95-56)20-81-24(2)66)47(86-29(7)71)51(90-33(11)75)55(94-39)63-59(79)64-60(62-38-17-15-37(61)16-18-38)100-58-54(93-36(14)78)50(89-32(10)74)46(42(97-58)22-83-26(4)68)99-57-53(92-35(13)77)49(88-31(9)73)44(85-28(6)70)41(96-57)21-82-25(3)67/h15-18,39-58H,19-22H2,1-14H3,(H2,62,63,64,79)/t39-,40-,41-,42-,43+,44+,45-,46-,47+,48+,49+,50+,51-,52-,53-,54-,55-,56+,57+,58+/m1/s1. The fourth-order valence-electron chi connectivity index (χ4n) is 10.3. The van der Waals surface area contributed by atoms with Gasteiger partial charge in [0.15, 0.2) is 90.5 Å². The normalized spacial score (nSPS) is 29.3. The molecule has 4 fully saturated rings. The summed E-state index contributed by atoms with van der Waals surface area (Å²) >= 11 is 6.65. The topological polar surface area (TPSA) is 477 Å². The van der Waals surface area contributed by atoms with Gasteiger partial charge in [0.2, 0.25) is 0 Å². The molecule has 4 saturated heterocycles. The molecule has 1 aromatic rings. The summed E-state index contributed by atoms with van der Waals surface area (Å²) < 4.78 is 115. The van der Waals surface area contributed by atoms with Gasteiger partial charge in [-0.2, -0.15) is 0 Å². The van der Waals surface area contributed by atoms with E-state index in [4.69, 9.17) is 106 Å². The monoisotopic (exact) mass is 1470 g/mol. The summed E-state index contributed by atoms with van der Waals surface area (Å²) in [5.74, 6) is -14.2. The third-order valence-electron chi connectivity index (χ3n) is 13.6. The first-order valence-electron chi connectivity index (χ1n) is 30.2. The van der Waals surface area contributed by atoms with E-state index >= 15 is 0 Å². The lowest BCUT2D eigenvalue weighted by Gasteiger charge is -2.49. The van der Waals surface area contributed by atoms with Crippen molar-refractivity contribution in [3.8, 4) is 0 Å². The van der Waals surface area contributed by atoms with Crippen LogP contribution in [0.4, 0.5) is 10.5 Å². The van der Waals surface area contributed by atoms with Crippen LogP contribution in [0.15, 0.2) is 29.3 Å². The van der Waals surface area contributed by atoms with E-state index in [1.165, 1.54) is 24.3 Å². The van der Waals surface area contributed by atoms with Gasteiger partial charge in [-0.05, 0) is 24.3 Å². The van der Waals surface area contributed by atoms with Gasteiger partial charge < -0.3 is 100 Å². The number of amidine groups is 1. The fraction of sp³-hybridized carbons (Fsp3) is 0.633. The lowest BCUT2D eigenvalue weighted by molar-refractivity contribution is -0.345. The number of nitrogens with zero attached hydrogens (tertiary/aromatic N) is 1. The van der Waals surface area contributed by atoms with E-state index < -0.39 is 243 Å². The van der Waals surface area contributed by atoms with E-state index in [0.717, 1.165) is 96.9 Å². The molecule has 4 heterocycles. The number of esters is 14. The zero-order valence-electron chi connectivity index (χ0n) is 56.2. The van der Waals surface area contributed by atoms with Crippen molar-refractivity contribution in [2.75, 3.05) is 26.4 Å². The molecule has 100 heavy (non-hydrogen) atoms. The summed E-state index contributed by atoms with van der Waals surface area (Å²) in [6, 6.07) is 4.16. The maximum absolute atomic E-state index is 14.9. The number of thioether (sulfide) groups is 1. The van der Waals surface area contributed by atoms with Crippen LogP contribution < -0.4 is 10.6 Å². The summed E-state index contributed by atoms with van der Waals surface area (Å²) in [5, 5.41) is 4.56. The minimum absolute atomic E-state index is 0.0233. The van der Waals surface area contributed by atoms with Crippen molar-refractivity contribution in [2.24, 2.45) is 4.99 Å². The molecule has 38 nitrogen and oxygen atoms in total. The third kappa shape index (κ3) is 25.4. The summed E-state index contributed by atoms with van der Waals surface area (Å²) in [5.41, 5.74) is -1.78. The third-order valence-corrected chi connectivity index (χ3v) is 14.9. The molecule has 0 saturated carbocycles. The van der Waals surface area contributed by atoms with Gasteiger partial charge in [-0.1, -0.05) is 23.4 Å². The minimum atomic E-state index is -2.07. The van der Waals surface area contributed by atoms with E-state index in [1.807, 2.05) is 0 Å². The Labute approximate surface area is 578 Å². The lowest BCUT2D eigenvalue weighted by atomic mass is 9.95. The zero-order chi connectivity index (χ0) is 74.6. The second-order valence-electron chi connectivity index (χ2n) is 22.0. The van der Waals surface area contributed by atoms with Gasteiger partial charge in [0.1, 0.15) is 63.1 Å². The molecular formula is C60H76ClN3O35S. The second kappa shape index (κ2) is 38.1. The maximum Gasteiger partial charge on any atom is 0.322 e. The number of halogens is 1. The molecular weight excluding hydrogens is 1390 g/mol. The van der Waals surface area contributed by atoms with Crippen molar-refractivity contribution in [3.63, 3.8) is 0 Å². The summed E-state index contributed by atoms with van der Waals surface area (Å²) in [6.45, 7) is 10.2. The average Bonchev–Trinajstić information content (AvgIpc) is 0.772. The highest BCUT2D eigenvalue weighted by molar-refractivity contribution is 8.14. The summed E-state index contributed by atoms with van der Waals surface area (Å²) in [6.07, 6.45) is -35.7. The van der Waals surface area contributed by atoms with Crippen LogP contribution in [-0.4, -0.2) is 243 Å². The molecule has 0 aromatic heterocycles. The second-order valence-corrected chi connectivity index (χ2v) is 23.5. The number of aliphatic imine (C=N–C) groups is 1. The first-order valence-corrected chi connectivity index (χ1v) is 31.4. The van der Waals surface area contributed by atoms with Crippen molar-refractivity contribution in [1.29, 1.82) is 0 Å². The average molecular weight is 1470 g/mol. The van der Waals surface area contributed by atoms with Crippen LogP contribution in [0.2, 0.25) is 5.02 Å². The molecule has 0 radical (unpaired) electrons. The highest BCUT2D eigenvalue weighted by Crippen LogP contribution is 2.40. The summed E-state index contributed by atoms with van der Waals surface area (Å²) in [7, 11) is 0. The number of carbonyl (C=O) groups is 15. The van der Waals surface area contributed by atoms with E-state index in [9.17, 15) is 71.9 Å². The van der Waals surface area contributed by atoms with Crippen molar-refractivity contribution in [3.05, 3.63) is 29.3 Å². The molecule has 2 N–H and O–H groups in total. The number of rotatable bonds is 25. The van der Waals surface area contributed by atoms with Gasteiger partial charge in [0.05, 0.1) is 5.69 Å². The molecule has 20 atom stereocenters. The van der Waals surface area contributed by atoms with Crippen LogP contribution >= 0.6 is 23.4 Å². The Kier molecular flexibility index (Phi) is 31.2. The molecule has 554 valence electrons. The Bertz CT molecular complexity index is 3210. The van der Waals surface area contributed by atoms with Crippen LogP contribution in [-0.2, 0) is 162 Å². The predicted molar refractivity (Wildman–Crippen MR) is 324 cm³/mol. The molecule has 4 aliphatic rings. The zero-order valence-corrected chi connectivity index (χ0v) is 57.8. The first kappa shape index (κ1) is 81.8. The van der Waals surface area contributed by atoms with Crippen LogP contribution in [0.5, 0.6) is 0 Å². The van der Waals surface area contributed by atoms with Crippen molar-refractivity contribution in [2.45, 2.75) is 219 Å². The smallest absolute Gasteiger partial charge is 0.322 e. The van der Waals surface area contributed by atoms with E-state index in [0.29, 0.717) is 11.8 Å². The summed E-state index contributed by atoms with van der Waals surface area (Å²) in [4.78, 5) is 198. The molecule has 0 unspecified atom stereocenters. The number of ether oxygens (including phenoxy) is 20. The van der Waals surface area contributed by atoms with Crippen LogP contribution in [0.3, 0.4) is 0 Å². The Morgan fingerprint density at radius 3 is 1.00 bits per heavy atom. The van der Waals surface area contributed by atoms with Crippen LogP contribution in [0, 0.1) is 0 Å². The number of nitrogens with one attached hydrogen (secondary N) is 2. The molecule has 5 rings (SSSR count). The molecule has 4 aliphatic heterocycles. The van der Waals surface area contributed by atoms with Crippen molar-refractivity contribution < 1.29 is 167 Å². The Morgan fingerprint density at radius 1 is 0.360 bits per heavy atom. The van der Waals surface area contributed by atoms with E-state index in [1.54, 1.807) is 0 Å². The number of urea groups is 1.